The fourth-order valence-electron chi connectivity index (χ4n) is 4.06. The van der Waals surface area contributed by atoms with E-state index in [1.54, 1.807) is 24.5 Å². The second-order valence-corrected chi connectivity index (χ2v) is 8.51. The highest BCUT2D eigenvalue weighted by Crippen LogP contribution is 2.27. The minimum Gasteiger partial charge on any atom is -0.423 e. The number of carbonyl (C=O) groups is 1. The monoisotopic (exact) mass is 450 g/mol. The number of amides is 1. The number of hydrogen-bond donors (Lipinski definition) is 0. The molecule has 0 spiro atoms. The molecular formula is C23H23ClN6O2. The summed E-state index contributed by atoms with van der Waals surface area (Å²) in [7, 11) is 0. The van der Waals surface area contributed by atoms with E-state index >= 15 is 0 Å². The smallest absolute Gasteiger partial charge is 0.298 e. The molecule has 1 aliphatic heterocycles. The van der Waals surface area contributed by atoms with Gasteiger partial charge >= 0.3 is 0 Å². The molecule has 8 nitrogen and oxygen atoms in total. The molecule has 164 valence electrons. The van der Waals surface area contributed by atoms with E-state index < -0.39 is 0 Å². The van der Waals surface area contributed by atoms with Crippen molar-refractivity contribution in [1.82, 2.24) is 24.9 Å². The first kappa shape index (κ1) is 20.5. The Kier molecular flexibility index (Phi) is 5.30. The SMILES string of the molecule is Cc1ccc(C(=O)N2CCN(c3nc4cc(Cl)ccc4o3)CC[C@H]2C)c(-n2nccn2)c1. The summed E-state index contributed by atoms with van der Waals surface area (Å²) in [5, 5.41) is 9.08. The number of oxazole rings is 1. The molecule has 4 aromatic rings. The molecule has 1 amide bonds. The molecule has 32 heavy (non-hydrogen) atoms. The molecule has 0 saturated carbocycles. The van der Waals surface area contributed by atoms with Crippen molar-refractivity contribution in [3.05, 3.63) is 64.9 Å². The number of halogens is 1. The molecule has 0 unspecified atom stereocenters. The van der Waals surface area contributed by atoms with Crippen molar-refractivity contribution in [3.8, 4) is 5.69 Å². The van der Waals surface area contributed by atoms with Gasteiger partial charge in [0.15, 0.2) is 5.58 Å². The van der Waals surface area contributed by atoms with Gasteiger partial charge in [-0.15, -0.1) is 0 Å². The molecule has 2 aromatic carbocycles. The number of benzene rings is 2. The van der Waals surface area contributed by atoms with Gasteiger partial charge in [0.05, 0.1) is 23.6 Å². The van der Waals surface area contributed by atoms with Crippen LogP contribution in [0.3, 0.4) is 0 Å². The minimum atomic E-state index is -0.0315. The van der Waals surface area contributed by atoms with Crippen molar-refractivity contribution in [2.24, 2.45) is 0 Å². The van der Waals surface area contributed by atoms with Crippen LogP contribution in [0.1, 0.15) is 29.3 Å². The van der Waals surface area contributed by atoms with Gasteiger partial charge < -0.3 is 14.2 Å². The average Bonchev–Trinajstić information content (AvgIpc) is 3.41. The van der Waals surface area contributed by atoms with E-state index in [2.05, 4.69) is 27.0 Å². The summed E-state index contributed by atoms with van der Waals surface area (Å²) in [5.41, 5.74) is 3.74. The zero-order valence-corrected chi connectivity index (χ0v) is 18.7. The van der Waals surface area contributed by atoms with Gasteiger partial charge in [0, 0.05) is 30.7 Å². The van der Waals surface area contributed by atoms with E-state index in [1.165, 1.54) is 4.80 Å². The number of rotatable bonds is 3. The van der Waals surface area contributed by atoms with Gasteiger partial charge in [-0.1, -0.05) is 17.7 Å². The maximum atomic E-state index is 13.6. The van der Waals surface area contributed by atoms with Gasteiger partial charge in [-0.3, -0.25) is 4.79 Å². The molecular weight excluding hydrogens is 428 g/mol. The van der Waals surface area contributed by atoms with Crippen molar-refractivity contribution in [1.29, 1.82) is 0 Å². The first-order valence-electron chi connectivity index (χ1n) is 10.6. The molecule has 1 saturated heterocycles. The third-order valence-corrected chi connectivity index (χ3v) is 6.08. The van der Waals surface area contributed by atoms with Crippen molar-refractivity contribution in [2.75, 3.05) is 24.5 Å². The van der Waals surface area contributed by atoms with Crippen LogP contribution in [-0.2, 0) is 0 Å². The van der Waals surface area contributed by atoms with Crippen LogP contribution in [-0.4, -0.2) is 56.5 Å². The fraction of sp³-hybridized carbons (Fsp3) is 0.304. The summed E-state index contributed by atoms with van der Waals surface area (Å²) in [6.07, 6.45) is 4.01. The summed E-state index contributed by atoms with van der Waals surface area (Å²) in [6, 6.07) is 11.8. The number of anilines is 1. The lowest BCUT2D eigenvalue weighted by Crippen LogP contribution is -2.40. The van der Waals surface area contributed by atoms with Gasteiger partial charge in [0.25, 0.3) is 11.9 Å². The average molecular weight is 451 g/mol. The second kappa shape index (κ2) is 8.27. The molecule has 3 heterocycles. The van der Waals surface area contributed by atoms with Gasteiger partial charge in [0.2, 0.25) is 0 Å². The first-order valence-corrected chi connectivity index (χ1v) is 11.0. The number of carbonyl (C=O) groups excluding carboxylic acids is 1. The third-order valence-electron chi connectivity index (χ3n) is 5.85. The third kappa shape index (κ3) is 3.82. The van der Waals surface area contributed by atoms with Crippen LogP contribution in [0.5, 0.6) is 0 Å². The van der Waals surface area contributed by atoms with Gasteiger partial charge in [-0.2, -0.15) is 20.0 Å². The minimum absolute atomic E-state index is 0.0315. The predicted molar refractivity (Wildman–Crippen MR) is 122 cm³/mol. The van der Waals surface area contributed by atoms with Crippen LogP contribution in [0.4, 0.5) is 6.01 Å². The molecule has 1 atom stereocenters. The lowest BCUT2D eigenvalue weighted by molar-refractivity contribution is 0.0704. The zero-order valence-electron chi connectivity index (χ0n) is 17.9. The highest BCUT2D eigenvalue weighted by Gasteiger charge is 2.29. The standard InChI is InChI=1S/C23H23ClN6O2/c1-15-3-5-18(20(13-15)30-25-8-9-26-30)22(31)29-12-11-28(10-7-16(29)2)23-27-19-14-17(24)4-6-21(19)32-23/h3-6,8-9,13-14,16H,7,10-12H2,1-2H3/t16-/m1/s1. The number of nitrogens with zero attached hydrogens (tertiary/aromatic N) is 6. The first-order chi connectivity index (χ1) is 15.5. The Hall–Kier alpha value is -3.39. The Morgan fingerprint density at radius 2 is 1.91 bits per heavy atom. The summed E-state index contributed by atoms with van der Waals surface area (Å²) in [5.74, 6) is -0.0315. The molecule has 0 aliphatic carbocycles. The Morgan fingerprint density at radius 1 is 1.09 bits per heavy atom. The summed E-state index contributed by atoms with van der Waals surface area (Å²) >= 11 is 6.08. The number of aromatic nitrogens is 4. The summed E-state index contributed by atoms with van der Waals surface area (Å²) in [6.45, 7) is 5.98. The van der Waals surface area contributed by atoms with Crippen molar-refractivity contribution in [3.63, 3.8) is 0 Å². The predicted octanol–water partition coefficient (Wildman–Crippen LogP) is 4.11. The van der Waals surface area contributed by atoms with Crippen molar-refractivity contribution < 1.29 is 9.21 Å². The quantitative estimate of drug-likeness (QED) is 0.467. The zero-order chi connectivity index (χ0) is 22.2. The van der Waals surface area contributed by atoms with E-state index in [0.29, 0.717) is 41.0 Å². The highest BCUT2D eigenvalue weighted by molar-refractivity contribution is 6.31. The molecule has 0 bridgehead atoms. The van der Waals surface area contributed by atoms with E-state index in [1.807, 2.05) is 36.1 Å². The molecule has 9 heteroatoms. The van der Waals surface area contributed by atoms with Crippen LogP contribution in [0, 0.1) is 6.92 Å². The van der Waals surface area contributed by atoms with E-state index in [4.69, 9.17) is 16.0 Å². The van der Waals surface area contributed by atoms with E-state index in [0.717, 1.165) is 24.0 Å². The molecule has 0 N–H and O–H groups in total. The second-order valence-electron chi connectivity index (χ2n) is 8.07. The Labute approximate surface area is 190 Å². The fourth-order valence-corrected chi connectivity index (χ4v) is 4.23. The van der Waals surface area contributed by atoms with Crippen LogP contribution in [0.2, 0.25) is 5.02 Å². The molecule has 2 aromatic heterocycles. The molecule has 0 radical (unpaired) electrons. The number of hydrogen-bond acceptors (Lipinski definition) is 6. The maximum absolute atomic E-state index is 13.6. The maximum Gasteiger partial charge on any atom is 0.298 e. The Morgan fingerprint density at radius 3 is 2.72 bits per heavy atom. The summed E-state index contributed by atoms with van der Waals surface area (Å²) < 4.78 is 5.95. The lowest BCUT2D eigenvalue weighted by Gasteiger charge is -2.27. The number of fused-ring (bicyclic) bond motifs is 1. The Balaban J connectivity index is 1.40. The Bertz CT molecular complexity index is 1270. The topological polar surface area (TPSA) is 80.3 Å². The largest absolute Gasteiger partial charge is 0.423 e. The van der Waals surface area contributed by atoms with Gasteiger partial charge in [-0.25, -0.2) is 0 Å². The van der Waals surface area contributed by atoms with E-state index in [9.17, 15) is 4.79 Å². The normalized spacial score (nSPS) is 17.0. The van der Waals surface area contributed by atoms with E-state index in [-0.39, 0.29) is 11.9 Å². The van der Waals surface area contributed by atoms with Crippen LogP contribution in [0.15, 0.2) is 53.2 Å². The van der Waals surface area contributed by atoms with Crippen LogP contribution in [0.25, 0.3) is 16.8 Å². The van der Waals surface area contributed by atoms with Crippen LogP contribution < -0.4 is 4.90 Å². The van der Waals surface area contributed by atoms with Gasteiger partial charge in [0.1, 0.15) is 5.52 Å². The van der Waals surface area contributed by atoms with Crippen molar-refractivity contribution in [2.45, 2.75) is 26.3 Å². The molecule has 5 rings (SSSR count). The lowest BCUT2D eigenvalue weighted by atomic mass is 10.1. The number of aryl methyl sites for hydroxylation is 1. The van der Waals surface area contributed by atoms with Gasteiger partial charge in [-0.05, 0) is 56.2 Å². The molecule has 1 fully saturated rings. The molecule has 1 aliphatic rings. The van der Waals surface area contributed by atoms with Crippen LogP contribution >= 0.6 is 11.6 Å². The summed E-state index contributed by atoms with van der Waals surface area (Å²) in [4.78, 5) is 23.7. The van der Waals surface area contributed by atoms with Crippen molar-refractivity contribution >= 4 is 34.6 Å². The highest BCUT2D eigenvalue weighted by atomic mass is 35.5.